The summed E-state index contributed by atoms with van der Waals surface area (Å²) in [5, 5.41) is 10.4. The van der Waals surface area contributed by atoms with Crippen LogP contribution in [0.15, 0.2) is 68.4 Å². The minimum Gasteiger partial charge on any atom is -0.651 e. The molecule has 0 amide bonds. The Labute approximate surface area is 238 Å². The molecule has 2 aliphatic rings. The SMILES string of the molecule is COc1ccc2c(c1)S/C(=C/C(=O)C(C)(C)C)[N-]2.COc1ccc2c(c1)S/C(=C/C(=O)C(C)(C)C)[N-]2.[Co+2]. The summed E-state index contributed by atoms with van der Waals surface area (Å²) in [4.78, 5) is 25.9. The molecule has 2 aromatic carbocycles. The standard InChI is InChI=1S/2C14H17NO2S.Co/c2*1-14(2,3)12(16)8-13-15-10-6-5-9(17-4)7-11(10)18-13;/h2*5-8H,1-4H3,(H,15,16);/q;;+2/p-2. The zero-order valence-electron chi connectivity index (χ0n) is 22.3. The van der Waals surface area contributed by atoms with E-state index in [1.54, 1.807) is 26.4 Å². The van der Waals surface area contributed by atoms with Crippen molar-refractivity contribution in [2.45, 2.75) is 51.3 Å². The predicted octanol–water partition coefficient (Wildman–Crippen LogP) is 8.52. The summed E-state index contributed by atoms with van der Waals surface area (Å²) in [5.41, 5.74) is 1.06. The first-order chi connectivity index (χ1) is 16.8. The molecule has 0 unspecified atom stereocenters. The summed E-state index contributed by atoms with van der Waals surface area (Å²) in [6, 6.07) is 11.4. The second-order valence-corrected chi connectivity index (χ2v) is 12.4. The molecular formula is C28H32CoN2O4S2. The molecule has 0 aromatic heterocycles. The van der Waals surface area contributed by atoms with Crippen LogP contribution in [0.3, 0.4) is 0 Å². The Morgan fingerprint density at radius 3 is 1.35 bits per heavy atom. The Morgan fingerprint density at radius 1 is 0.703 bits per heavy atom. The monoisotopic (exact) mass is 583 g/mol. The van der Waals surface area contributed by atoms with Gasteiger partial charge >= 0.3 is 16.8 Å². The van der Waals surface area contributed by atoms with Gasteiger partial charge in [-0.25, -0.2) is 0 Å². The van der Waals surface area contributed by atoms with E-state index in [-0.39, 0.29) is 39.2 Å². The fourth-order valence-electron chi connectivity index (χ4n) is 2.88. The van der Waals surface area contributed by atoms with Crippen LogP contribution >= 0.6 is 23.5 Å². The molecule has 6 nitrogen and oxygen atoms in total. The van der Waals surface area contributed by atoms with Gasteiger partial charge in [-0.05, 0) is 46.2 Å². The number of hydrogen-bond acceptors (Lipinski definition) is 6. The van der Waals surface area contributed by atoms with Crippen LogP contribution in [0.4, 0.5) is 11.4 Å². The third-order valence-corrected chi connectivity index (χ3v) is 7.14. The second kappa shape index (κ2) is 12.5. The number of carbonyl (C=O) groups is 2. The minimum atomic E-state index is -0.366. The van der Waals surface area contributed by atoms with Gasteiger partial charge in [0.1, 0.15) is 11.5 Å². The number of nitrogens with zero attached hydrogens (tertiary/aromatic N) is 2. The van der Waals surface area contributed by atoms with E-state index in [2.05, 4.69) is 10.6 Å². The van der Waals surface area contributed by atoms with Crippen molar-refractivity contribution in [2.24, 2.45) is 10.8 Å². The summed E-state index contributed by atoms with van der Waals surface area (Å²) in [6.45, 7) is 11.4. The van der Waals surface area contributed by atoms with Crippen molar-refractivity contribution in [1.82, 2.24) is 0 Å². The van der Waals surface area contributed by atoms with E-state index in [4.69, 9.17) is 9.47 Å². The smallest absolute Gasteiger partial charge is 0.651 e. The van der Waals surface area contributed by atoms with Crippen LogP contribution in [0.1, 0.15) is 41.5 Å². The molecular weight excluding hydrogens is 551 g/mol. The van der Waals surface area contributed by atoms with Gasteiger partial charge in [0.25, 0.3) is 0 Å². The van der Waals surface area contributed by atoms with E-state index in [0.717, 1.165) is 42.7 Å². The van der Waals surface area contributed by atoms with Crippen LogP contribution in [0.2, 0.25) is 0 Å². The van der Waals surface area contributed by atoms with Gasteiger partial charge in [-0.3, -0.25) is 9.59 Å². The molecule has 0 bridgehead atoms. The molecule has 0 aliphatic carbocycles. The molecule has 2 heterocycles. The molecule has 0 saturated carbocycles. The maximum atomic E-state index is 11.9. The van der Waals surface area contributed by atoms with Crippen LogP contribution in [0.5, 0.6) is 11.5 Å². The number of carbonyl (C=O) groups excluding carboxylic acids is 2. The van der Waals surface area contributed by atoms with Crippen LogP contribution in [0.25, 0.3) is 10.6 Å². The Balaban J connectivity index is 0.000000253. The van der Waals surface area contributed by atoms with Crippen molar-refractivity contribution >= 4 is 46.5 Å². The molecule has 0 fully saturated rings. The van der Waals surface area contributed by atoms with Gasteiger partial charge in [0, 0.05) is 10.8 Å². The van der Waals surface area contributed by atoms with Gasteiger partial charge in [0.15, 0.2) is 11.6 Å². The fraction of sp³-hybridized carbons (Fsp3) is 0.357. The van der Waals surface area contributed by atoms with E-state index in [9.17, 15) is 9.59 Å². The third-order valence-electron chi connectivity index (χ3n) is 5.21. The molecule has 0 saturated heterocycles. The van der Waals surface area contributed by atoms with Crippen molar-refractivity contribution in [3.8, 4) is 11.5 Å². The first-order valence-corrected chi connectivity index (χ1v) is 13.1. The second-order valence-electron chi connectivity index (χ2n) is 10.3. The van der Waals surface area contributed by atoms with E-state index in [1.165, 1.54) is 23.5 Å². The van der Waals surface area contributed by atoms with Gasteiger partial charge in [-0.2, -0.15) is 0 Å². The molecule has 1 radical (unpaired) electrons. The molecule has 0 N–H and O–H groups in total. The Bertz CT molecular complexity index is 1130. The predicted molar refractivity (Wildman–Crippen MR) is 149 cm³/mol. The first-order valence-electron chi connectivity index (χ1n) is 11.5. The molecule has 4 rings (SSSR count). The van der Waals surface area contributed by atoms with Crippen LogP contribution in [0, 0.1) is 10.8 Å². The zero-order chi connectivity index (χ0) is 26.7. The van der Waals surface area contributed by atoms with Gasteiger partial charge < -0.3 is 20.1 Å². The normalized spacial score (nSPS) is 15.9. The number of ketones is 2. The average molecular weight is 584 g/mol. The number of methoxy groups -OCH3 is 2. The number of rotatable bonds is 4. The molecule has 199 valence electrons. The van der Waals surface area contributed by atoms with Crippen molar-refractivity contribution < 1.29 is 35.8 Å². The van der Waals surface area contributed by atoms with E-state index < -0.39 is 0 Å². The minimum absolute atomic E-state index is 0. The molecule has 0 spiro atoms. The van der Waals surface area contributed by atoms with E-state index in [1.807, 2.05) is 77.9 Å². The molecule has 2 aromatic rings. The number of benzene rings is 2. The Morgan fingerprint density at radius 2 is 1.05 bits per heavy atom. The van der Waals surface area contributed by atoms with Gasteiger partial charge in [-0.1, -0.05) is 63.7 Å². The van der Waals surface area contributed by atoms with Gasteiger partial charge in [-0.15, -0.1) is 34.9 Å². The Hall–Kier alpha value is -2.33. The largest absolute Gasteiger partial charge is 2.00 e. The summed E-state index contributed by atoms with van der Waals surface area (Å²) in [7, 11) is 3.27. The topological polar surface area (TPSA) is 80.8 Å². The maximum Gasteiger partial charge on any atom is 2.00 e. The Kier molecular flexibility index (Phi) is 10.4. The van der Waals surface area contributed by atoms with Crippen LogP contribution in [-0.4, -0.2) is 25.8 Å². The van der Waals surface area contributed by atoms with E-state index >= 15 is 0 Å². The number of ether oxygens (including phenoxy) is 2. The summed E-state index contributed by atoms with van der Waals surface area (Å²) in [6.07, 6.45) is 3.24. The number of fused-ring (bicyclic) bond motifs is 2. The first kappa shape index (κ1) is 30.9. The molecule has 37 heavy (non-hydrogen) atoms. The molecule has 2 aliphatic heterocycles. The number of thioether (sulfide) groups is 2. The van der Waals surface area contributed by atoms with Crippen molar-refractivity contribution in [2.75, 3.05) is 14.2 Å². The summed E-state index contributed by atoms with van der Waals surface area (Å²) >= 11 is 3.01. The quantitative estimate of drug-likeness (QED) is 0.336. The van der Waals surface area contributed by atoms with E-state index in [0.29, 0.717) is 0 Å². The number of hydrogen-bond donors (Lipinski definition) is 0. The summed E-state index contributed by atoms with van der Waals surface area (Å²) in [5.74, 6) is 1.79. The van der Waals surface area contributed by atoms with Crippen LogP contribution in [-0.2, 0) is 26.4 Å². The maximum absolute atomic E-state index is 11.9. The molecule has 0 atom stereocenters. The third kappa shape index (κ3) is 8.33. The van der Waals surface area contributed by atoms with Crippen molar-refractivity contribution in [3.05, 3.63) is 69.2 Å². The van der Waals surface area contributed by atoms with Gasteiger partial charge in [0.2, 0.25) is 0 Å². The number of allylic oxidation sites excluding steroid dienone is 2. The fourth-order valence-corrected chi connectivity index (χ4v) is 4.74. The molecule has 9 heteroatoms. The van der Waals surface area contributed by atoms with Crippen molar-refractivity contribution in [3.63, 3.8) is 0 Å². The van der Waals surface area contributed by atoms with Crippen molar-refractivity contribution in [1.29, 1.82) is 0 Å². The summed E-state index contributed by atoms with van der Waals surface area (Å²) < 4.78 is 10.3. The van der Waals surface area contributed by atoms with Gasteiger partial charge in [0.05, 0.1) is 14.2 Å². The average Bonchev–Trinajstić information content (AvgIpc) is 3.39. The zero-order valence-corrected chi connectivity index (χ0v) is 25.0. The van der Waals surface area contributed by atoms with Crippen LogP contribution < -0.4 is 9.47 Å².